The summed E-state index contributed by atoms with van der Waals surface area (Å²) in [7, 11) is 3.92. The fourth-order valence-corrected chi connectivity index (χ4v) is 0.498. The molecular weight excluding hydrogens is 224 g/mol. The van der Waals surface area contributed by atoms with Crippen molar-refractivity contribution in [2.45, 2.75) is 13.8 Å². The Hall–Kier alpha value is -0.830. The predicted octanol–water partition coefficient (Wildman–Crippen LogP) is -1.29. The van der Waals surface area contributed by atoms with E-state index in [1.165, 1.54) is 21.0 Å². The summed E-state index contributed by atoms with van der Waals surface area (Å²) < 4.78 is 16.6. The van der Waals surface area contributed by atoms with Crippen LogP contribution < -0.4 is 10.0 Å². The van der Waals surface area contributed by atoms with Gasteiger partial charge in [-0.25, -0.2) is 8.93 Å². The molecule has 0 saturated heterocycles. The standard InChI is InChI=1S/C4H7NO2.C2H7NO2S.CH4O/c1-3(6)5-4(2)7;1-3-6(4)5-2;1-2/h1-2H3,(H,5,6,7);3H,1-2H3;2H,1H3. The van der Waals surface area contributed by atoms with Crippen LogP contribution in [0.25, 0.3) is 0 Å². The second-order valence-corrected chi connectivity index (χ2v) is 3.05. The summed E-state index contributed by atoms with van der Waals surface area (Å²) in [6.07, 6.45) is 0. The fourth-order valence-electron chi connectivity index (χ4n) is 0.331. The van der Waals surface area contributed by atoms with Crippen LogP contribution in [0.5, 0.6) is 0 Å². The highest BCUT2D eigenvalue weighted by atomic mass is 32.2. The van der Waals surface area contributed by atoms with Crippen LogP contribution in [0.15, 0.2) is 0 Å². The van der Waals surface area contributed by atoms with Gasteiger partial charge in [-0.3, -0.25) is 19.1 Å². The van der Waals surface area contributed by atoms with Crippen LogP contribution in [-0.4, -0.2) is 42.4 Å². The van der Waals surface area contributed by atoms with Crippen molar-refractivity contribution >= 4 is 23.1 Å². The number of amides is 2. The summed E-state index contributed by atoms with van der Waals surface area (Å²) in [4.78, 5) is 19.8. The van der Waals surface area contributed by atoms with E-state index in [9.17, 15) is 13.8 Å². The molecule has 8 heteroatoms. The van der Waals surface area contributed by atoms with Gasteiger partial charge in [0.2, 0.25) is 23.1 Å². The maximum absolute atomic E-state index is 9.96. The summed E-state index contributed by atoms with van der Waals surface area (Å²) in [5.74, 6) is -0.625. The molecule has 0 heterocycles. The average molecular weight is 242 g/mol. The first-order valence-corrected chi connectivity index (χ1v) is 4.88. The van der Waals surface area contributed by atoms with E-state index in [0.717, 1.165) is 7.11 Å². The van der Waals surface area contributed by atoms with Crippen molar-refractivity contribution in [2.75, 3.05) is 21.3 Å². The molecule has 0 aliphatic rings. The number of hydrogen-bond donors (Lipinski definition) is 3. The number of carbonyl (C=O) groups is 2. The van der Waals surface area contributed by atoms with Gasteiger partial charge in [-0.2, -0.15) is 0 Å². The molecule has 15 heavy (non-hydrogen) atoms. The minimum atomic E-state index is -1.28. The van der Waals surface area contributed by atoms with Crippen LogP contribution in [0.4, 0.5) is 0 Å². The molecule has 2 amide bonds. The summed E-state index contributed by atoms with van der Waals surface area (Å²) in [5, 5.41) is 9.03. The number of imide groups is 1. The molecule has 0 aromatic rings. The largest absolute Gasteiger partial charge is 0.400 e. The number of aliphatic hydroxyl groups is 1. The van der Waals surface area contributed by atoms with Crippen molar-refractivity contribution < 1.29 is 23.1 Å². The highest BCUT2D eigenvalue weighted by Gasteiger charge is 1.90. The van der Waals surface area contributed by atoms with Gasteiger partial charge in [0.15, 0.2) is 0 Å². The van der Waals surface area contributed by atoms with Crippen LogP contribution >= 0.6 is 0 Å². The molecule has 0 fully saturated rings. The van der Waals surface area contributed by atoms with Crippen LogP contribution in [0, 0.1) is 0 Å². The lowest BCUT2D eigenvalue weighted by Crippen LogP contribution is -2.24. The highest BCUT2D eigenvalue weighted by Crippen LogP contribution is 1.65. The van der Waals surface area contributed by atoms with Crippen molar-refractivity contribution in [1.29, 1.82) is 0 Å². The Kier molecular flexibility index (Phi) is 20.5. The molecule has 1 atom stereocenters. The fraction of sp³-hybridized carbons (Fsp3) is 0.714. The lowest BCUT2D eigenvalue weighted by Gasteiger charge is -1.88. The van der Waals surface area contributed by atoms with Crippen molar-refractivity contribution in [1.82, 2.24) is 10.0 Å². The van der Waals surface area contributed by atoms with Gasteiger partial charge in [-0.1, -0.05) is 0 Å². The van der Waals surface area contributed by atoms with E-state index in [2.05, 4.69) is 8.91 Å². The van der Waals surface area contributed by atoms with E-state index < -0.39 is 11.3 Å². The number of rotatable bonds is 2. The van der Waals surface area contributed by atoms with E-state index in [1.54, 1.807) is 7.05 Å². The van der Waals surface area contributed by atoms with E-state index in [0.29, 0.717) is 0 Å². The first-order valence-electron chi connectivity index (χ1n) is 3.80. The van der Waals surface area contributed by atoms with Crippen molar-refractivity contribution in [3.8, 4) is 0 Å². The van der Waals surface area contributed by atoms with Crippen LogP contribution in [0.1, 0.15) is 13.8 Å². The van der Waals surface area contributed by atoms with Gasteiger partial charge in [-0.05, 0) is 7.05 Å². The molecule has 0 aromatic carbocycles. The Morgan fingerprint density at radius 2 is 1.53 bits per heavy atom. The second kappa shape index (κ2) is 15.6. The molecule has 0 bridgehead atoms. The summed E-state index contributed by atoms with van der Waals surface area (Å²) in [6.45, 7) is 2.59. The molecule has 0 rings (SSSR count). The van der Waals surface area contributed by atoms with E-state index in [4.69, 9.17) is 5.11 Å². The number of hydrogen-bond acceptors (Lipinski definition) is 5. The first kappa shape index (κ1) is 19.7. The summed E-state index contributed by atoms with van der Waals surface area (Å²) in [6, 6.07) is 0. The van der Waals surface area contributed by atoms with Crippen LogP contribution in [-0.2, 0) is 25.0 Å². The maximum Gasteiger partial charge on any atom is 0.233 e. The van der Waals surface area contributed by atoms with Crippen molar-refractivity contribution in [2.24, 2.45) is 0 Å². The maximum atomic E-state index is 9.96. The normalized spacial score (nSPS) is 9.73. The third-order valence-corrected chi connectivity index (χ3v) is 1.31. The Labute approximate surface area is 92.0 Å². The molecule has 7 nitrogen and oxygen atoms in total. The zero-order valence-corrected chi connectivity index (χ0v) is 10.3. The molecule has 0 saturated carbocycles. The molecule has 0 radical (unpaired) electrons. The van der Waals surface area contributed by atoms with Crippen LogP contribution in [0.3, 0.4) is 0 Å². The quantitative estimate of drug-likeness (QED) is 0.559. The minimum absolute atomic E-state index is 0.312. The summed E-state index contributed by atoms with van der Waals surface area (Å²) >= 11 is -1.28. The monoisotopic (exact) mass is 242 g/mol. The summed E-state index contributed by atoms with van der Waals surface area (Å²) in [5.41, 5.74) is 0. The van der Waals surface area contributed by atoms with Gasteiger partial charge in [-0.15, -0.1) is 0 Å². The Bertz CT molecular complexity index is 180. The van der Waals surface area contributed by atoms with Gasteiger partial charge in [0.05, 0.1) is 7.11 Å². The smallest absolute Gasteiger partial charge is 0.233 e. The lowest BCUT2D eigenvalue weighted by atomic mass is 10.6. The molecule has 0 aromatic heterocycles. The van der Waals surface area contributed by atoms with Gasteiger partial charge in [0, 0.05) is 21.0 Å². The Morgan fingerprint density at radius 1 is 1.20 bits per heavy atom. The zero-order valence-electron chi connectivity index (χ0n) is 9.49. The molecular formula is C7H18N2O5S. The molecule has 0 aliphatic carbocycles. The van der Waals surface area contributed by atoms with E-state index >= 15 is 0 Å². The Balaban J connectivity index is -0.000000166. The van der Waals surface area contributed by atoms with Gasteiger partial charge < -0.3 is 5.11 Å². The molecule has 3 N–H and O–H groups in total. The average Bonchev–Trinajstić information content (AvgIpc) is 2.18. The number of nitrogens with one attached hydrogen (secondary N) is 2. The Morgan fingerprint density at radius 3 is 1.53 bits per heavy atom. The predicted molar refractivity (Wildman–Crippen MR) is 56.9 cm³/mol. The SMILES string of the molecule is CC(=O)NC(C)=O.CNS(=O)OC.CO. The van der Waals surface area contributed by atoms with Gasteiger partial charge in [0.1, 0.15) is 0 Å². The molecule has 1 unspecified atom stereocenters. The zero-order chi connectivity index (χ0) is 12.9. The third-order valence-electron chi connectivity index (χ3n) is 0.670. The van der Waals surface area contributed by atoms with Crippen molar-refractivity contribution in [3.05, 3.63) is 0 Å². The van der Waals surface area contributed by atoms with Crippen LogP contribution in [0.2, 0.25) is 0 Å². The minimum Gasteiger partial charge on any atom is -0.400 e. The lowest BCUT2D eigenvalue weighted by molar-refractivity contribution is -0.127. The van der Waals surface area contributed by atoms with Gasteiger partial charge in [0.25, 0.3) is 0 Å². The third kappa shape index (κ3) is 32.0. The van der Waals surface area contributed by atoms with Crippen molar-refractivity contribution in [3.63, 3.8) is 0 Å². The first-order chi connectivity index (χ1) is 6.93. The number of carbonyl (C=O) groups excluding carboxylic acids is 2. The topological polar surface area (TPSA) is 105 Å². The van der Waals surface area contributed by atoms with E-state index in [-0.39, 0.29) is 11.8 Å². The van der Waals surface area contributed by atoms with E-state index in [1.807, 2.05) is 5.32 Å². The molecule has 92 valence electrons. The highest BCUT2D eigenvalue weighted by molar-refractivity contribution is 7.78. The molecule has 0 spiro atoms. The van der Waals surface area contributed by atoms with Gasteiger partial charge >= 0.3 is 0 Å². The second-order valence-electron chi connectivity index (χ2n) is 1.84. The number of aliphatic hydroxyl groups excluding tert-OH is 1. The molecule has 0 aliphatic heterocycles.